The van der Waals surface area contributed by atoms with Gasteiger partial charge in [-0.25, -0.2) is 4.79 Å². The molecule has 6 nitrogen and oxygen atoms in total. The van der Waals surface area contributed by atoms with Gasteiger partial charge in [0.1, 0.15) is 6.04 Å². The normalized spacial score (nSPS) is 26.2. The van der Waals surface area contributed by atoms with Crippen LogP contribution in [0.15, 0.2) is 6.07 Å². The fraction of sp³-hybridized carbons (Fsp3) is 0.722. The molecule has 0 radical (unpaired) electrons. The van der Waals surface area contributed by atoms with Gasteiger partial charge in [-0.05, 0) is 50.5 Å². The number of nitrogens with zero attached hydrogens (tertiary/aromatic N) is 3. The zero-order chi connectivity index (χ0) is 17.4. The number of amides is 1. The molecular formula is C18H27N3O3. The molecule has 0 spiro atoms. The summed E-state index contributed by atoms with van der Waals surface area (Å²) < 4.78 is 1.92. The zero-order valence-electron chi connectivity index (χ0n) is 14.7. The summed E-state index contributed by atoms with van der Waals surface area (Å²) in [5.74, 6) is -0.676. The number of carbonyl (C=O) groups is 2. The number of hydrogen-bond donors (Lipinski definition) is 1. The van der Waals surface area contributed by atoms with E-state index in [1.807, 2.05) is 11.6 Å². The minimum absolute atomic E-state index is 0.105. The molecule has 3 atom stereocenters. The molecule has 2 aliphatic rings. The summed E-state index contributed by atoms with van der Waals surface area (Å²) >= 11 is 0. The van der Waals surface area contributed by atoms with E-state index in [0.717, 1.165) is 37.8 Å². The van der Waals surface area contributed by atoms with Crippen molar-refractivity contribution in [2.24, 2.45) is 11.8 Å². The lowest BCUT2D eigenvalue weighted by Crippen LogP contribution is -2.43. The molecule has 1 aromatic heterocycles. The molecule has 1 aliphatic heterocycles. The van der Waals surface area contributed by atoms with Crippen LogP contribution in [0.5, 0.6) is 0 Å². The number of hydrogen-bond acceptors (Lipinski definition) is 3. The summed E-state index contributed by atoms with van der Waals surface area (Å²) in [5, 5.41) is 14.1. The van der Waals surface area contributed by atoms with Crippen LogP contribution in [-0.2, 0) is 4.79 Å². The van der Waals surface area contributed by atoms with Gasteiger partial charge in [0.05, 0.1) is 6.04 Å². The number of carboxylic acids is 1. The van der Waals surface area contributed by atoms with Crippen molar-refractivity contribution < 1.29 is 14.7 Å². The highest BCUT2D eigenvalue weighted by Crippen LogP contribution is 2.42. The third-order valence-electron chi connectivity index (χ3n) is 5.83. The van der Waals surface area contributed by atoms with Gasteiger partial charge in [0, 0.05) is 12.2 Å². The predicted molar refractivity (Wildman–Crippen MR) is 89.9 cm³/mol. The molecule has 1 aromatic rings. The molecular weight excluding hydrogens is 306 g/mol. The van der Waals surface area contributed by atoms with E-state index in [4.69, 9.17) is 0 Å². The third-order valence-corrected chi connectivity index (χ3v) is 5.83. The lowest BCUT2D eigenvalue weighted by molar-refractivity contribution is -0.142. The van der Waals surface area contributed by atoms with Crippen LogP contribution in [0.4, 0.5) is 0 Å². The second-order valence-electron chi connectivity index (χ2n) is 7.18. The molecule has 1 N–H and O–H groups in total. The van der Waals surface area contributed by atoms with E-state index >= 15 is 0 Å². The van der Waals surface area contributed by atoms with Gasteiger partial charge >= 0.3 is 5.97 Å². The van der Waals surface area contributed by atoms with Gasteiger partial charge in [-0.1, -0.05) is 20.3 Å². The van der Waals surface area contributed by atoms with Gasteiger partial charge in [-0.15, -0.1) is 0 Å². The summed E-state index contributed by atoms with van der Waals surface area (Å²) in [6.07, 6.45) is 4.92. The Balaban J connectivity index is 1.86. The van der Waals surface area contributed by atoms with Crippen LogP contribution >= 0.6 is 0 Å². The Morgan fingerprint density at radius 1 is 1.33 bits per heavy atom. The summed E-state index contributed by atoms with van der Waals surface area (Å²) in [6, 6.07) is 1.39. The molecule has 1 amide bonds. The van der Waals surface area contributed by atoms with Crippen molar-refractivity contribution >= 4 is 11.9 Å². The predicted octanol–water partition coefficient (Wildman–Crippen LogP) is 2.88. The Bertz CT molecular complexity index is 635. The monoisotopic (exact) mass is 333 g/mol. The Labute approximate surface area is 142 Å². The van der Waals surface area contributed by atoms with E-state index in [2.05, 4.69) is 18.9 Å². The van der Waals surface area contributed by atoms with Crippen LogP contribution < -0.4 is 0 Å². The average Bonchev–Trinajstić information content (AvgIpc) is 3.21. The molecule has 1 saturated carbocycles. The van der Waals surface area contributed by atoms with Gasteiger partial charge in [-0.3, -0.25) is 9.48 Å². The van der Waals surface area contributed by atoms with Gasteiger partial charge in [0.25, 0.3) is 5.91 Å². The number of carboxylic acid groups (broad SMARTS) is 1. The fourth-order valence-electron chi connectivity index (χ4n) is 4.57. The highest BCUT2D eigenvalue weighted by molar-refractivity contribution is 5.95. The van der Waals surface area contributed by atoms with E-state index in [1.165, 1.54) is 0 Å². The highest BCUT2D eigenvalue weighted by atomic mass is 16.4. The average molecular weight is 333 g/mol. The summed E-state index contributed by atoms with van der Waals surface area (Å²) in [4.78, 5) is 26.2. The number of rotatable bonds is 5. The maximum atomic E-state index is 12.9. The Morgan fingerprint density at radius 3 is 2.67 bits per heavy atom. The van der Waals surface area contributed by atoms with E-state index in [-0.39, 0.29) is 17.9 Å². The van der Waals surface area contributed by atoms with Crippen LogP contribution in [-0.4, -0.2) is 44.3 Å². The van der Waals surface area contributed by atoms with Crippen LogP contribution in [0, 0.1) is 18.8 Å². The van der Waals surface area contributed by atoms with Crippen molar-refractivity contribution in [2.45, 2.75) is 65.0 Å². The second kappa shape index (κ2) is 6.57. The van der Waals surface area contributed by atoms with E-state index < -0.39 is 12.0 Å². The maximum absolute atomic E-state index is 12.9. The molecule has 2 heterocycles. The number of likely N-dealkylation sites (tertiary alicyclic amines) is 1. The van der Waals surface area contributed by atoms with Crippen molar-refractivity contribution in [3.05, 3.63) is 17.5 Å². The van der Waals surface area contributed by atoms with Crippen molar-refractivity contribution in [2.75, 3.05) is 6.54 Å². The maximum Gasteiger partial charge on any atom is 0.326 e. The smallest absolute Gasteiger partial charge is 0.326 e. The summed E-state index contributed by atoms with van der Waals surface area (Å²) in [6.45, 7) is 6.73. The first kappa shape index (κ1) is 17.0. The van der Waals surface area contributed by atoms with Gasteiger partial charge < -0.3 is 10.0 Å². The lowest BCUT2D eigenvalue weighted by atomic mass is 9.94. The SMILES string of the molecule is CCC(CC)n1nc(C(=O)N2CC3CCCC3C2C(=O)O)cc1C. The van der Waals surface area contributed by atoms with Gasteiger partial charge in [-0.2, -0.15) is 5.10 Å². The van der Waals surface area contributed by atoms with Crippen LogP contribution in [0.2, 0.25) is 0 Å². The molecule has 3 rings (SSSR count). The number of aromatic nitrogens is 2. The zero-order valence-corrected chi connectivity index (χ0v) is 14.7. The quantitative estimate of drug-likeness (QED) is 0.899. The van der Waals surface area contributed by atoms with E-state index in [1.54, 1.807) is 11.0 Å². The second-order valence-corrected chi connectivity index (χ2v) is 7.18. The van der Waals surface area contributed by atoms with E-state index in [0.29, 0.717) is 18.2 Å². The lowest BCUT2D eigenvalue weighted by Gasteiger charge is -2.23. The minimum Gasteiger partial charge on any atom is -0.480 e. The van der Waals surface area contributed by atoms with Crippen molar-refractivity contribution in [1.29, 1.82) is 0 Å². The third kappa shape index (κ3) is 2.72. The van der Waals surface area contributed by atoms with Crippen molar-refractivity contribution in [3.8, 4) is 0 Å². The van der Waals surface area contributed by atoms with Crippen LogP contribution in [0.1, 0.15) is 68.2 Å². The van der Waals surface area contributed by atoms with Crippen LogP contribution in [0.3, 0.4) is 0 Å². The minimum atomic E-state index is -0.881. The largest absolute Gasteiger partial charge is 0.480 e. The number of aryl methyl sites for hydroxylation is 1. The first-order valence-electron chi connectivity index (χ1n) is 9.07. The molecule has 0 aromatic carbocycles. The van der Waals surface area contributed by atoms with Crippen molar-refractivity contribution in [3.63, 3.8) is 0 Å². The Hall–Kier alpha value is -1.85. The summed E-state index contributed by atoms with van der Waals surface area (Å²) in [5.41, 5.74) is 1.34. The number of aliphatic carboxylic acids is 1. The van der Waals surface area contributed by atoms with Crippen molar-refractivity contribution in [1.82, 2.24) is 14.7 Å². The highest BCUT2D eigenvalue weighted by Gasteiger charge is 2.50. The molecule has 132 valence electrons. The molecule has 1 aliphatic carbocycles. The van der Waals surface area contributed by atoms with Gasteiger partial charge in [0.2, 0.25) is 0 Å². The molecule has 0 bridgehead atoms. The summed E-state index contributed by atoms with van der Waals surface area (Å²) in [7, 11) is 0. The topological polar surface area (TPSA) is 75.4 Å². The molecule has 2 fully saturated rings. The molecule has 1 saturated heterocycles. The fourth-order valence-corrected chi connectivity index (χ4v) is 4.57. The molecule has 24 heavy (non-hydrogen) atoms. The first-order chi connectivity index (χ1) is 11.5. The Morgan fingerprint density at radius 2 is 2.04 bits per heavy atom. The first-order valence-corrected chi connectivity index (χ1v) is 9.07. The van der Waals surface area contributed by atoms with Gasteiger partial charge in [0.15, 0.2) is 5.69 Å². The molecule has 3 unspecified atom stereocenters. The number of fused-ring (bicyclic) bond motifs is 1. The van der Waals surface area contributed by atoms with Crippen LogP contribution in [0.25, 0.3) is 0 Å². The standard InChI is InChI=1S/C18H27N3O3/c1-4-13(5-2)21-11(3)9-15(19-21)17(22)20-10-12-7-6-8-14(12)16(20)18(23)24/h9,12-14,16H,4-8,10H2,1-3H3,(H,23,24). The molecule has 6 heteroatoms. The number of carbonyl (C=O) groups excluding carboxylic acids is 1. The van der Waals surface area contributed by atoms with E-state index in [9.17, 15) is 14.7 Å². The Kier molecular flexibility index (Phi) is 4.65.